The first-order chi connectivity index (χ1) is 8.70. The molecule has 0 N–H and O–H groups in total. The number of benzene rings is 2. The Morgan fingerprint density at radius 3 is 2.50 bits per heavy atom. The molecule has 0 unspecified atom stereocenters. The van der Waals surface area contributed by atoms with Gasteiger partial charge in [-0.2, -0.15) is 0 Å². The molecule has 2 aromatic carbocycles. The third-order valence-corrected chi connectivity index (χ3v) is 8.41. The molecule has 0 aliphatic carbocycles. The van der Waals surface area contributed by atoms with Gasteiger partial charge in [0.25, 0.3) is 0 Å². The van der Waals surface area contributed by atoms with Crippen molar-refractivity contribution in [3.05, 3.63) is 59.2 Å². The van der Waals surface area contributed by atoms with Crippen LogP contribution in [-0.4, -0.2) is 30.3 Å². The van der Waals surface area contributed by atoms with Crippen molar-refractivity contribution in [2.24, 2.45) is 0 Å². The average Bonchev–Trinajstić information content (AvgIpc) is 2.35. The summed E-state index contributed by atoms with van der Waals surface area (Å²) in [5.74, 6) is 0. The van der Waals surface area contributed by atoms with Gasteiger partial charge < -0.3 is 0 Å². The minimum atomic E-state index is -0.824. The summed E-state index contributed by atoms with van der Waals surface area (Å²) >= 11 is -0.824. The van der Waals surface area contributed by atoms with E-state index in [1.165, 1.54) is 20.0 Å². The molecule has 0 saturated carbocycles. The monoisotopic (exact) mass is 435 g/mol. The molecule has 0 saturated heterocycles. The van der Waals surface area contributed by atoms with E-state index in [1.807, 2.05) is 0 Å². The first kappa shape index (κ1) is 13.7. The van der Waals surface area contributed by atoms with Gasteiger partial charge in [0.05, 0.1) is 0 Å². The molecule has 2 heteroatoms. The fourth-order valence-electron chi connectivity index (χ4n) is 1.91. The van der Waals surface area contributed by atoms with Crippen LogP contribution in [-0.2, 0) is 11.3 Å². The van der Waals surface area contributed by atoms with Gasteiger partial charge in [-0.25, -0.2) is 0 Å². The van der Waals surface area contributed by atoms with Crippen LogP contribution in [0.4, 0.5) is 0 Å². The fraction of sp³-hybridized carbons (Fsp3) is 0.250. The summed E-state index contributed by atoms with van der Waals surface area (Å²) in [5.41, 5.74) is 4.12. The Hall–Kier alpha value is -0.717. The van der Waals surface area contributed by atoms with Crippen LogP contribution < -0.4 is 6.54 Å². The van der Waals surface area contributed by atoms with Crippen LogP contribution >= 0.6 is 0 Å². The van der Waals surface area contributed by atoms with Crippen molar-refractivity contribution in [2.75, 3.05) is 7.11 Å². The van der Waals surface area contributed by atoms with E-state index < -0.39 is 23.2 Å². The second kappa shape index (κ2) is 6.45. The van der Waals surface area contributed by atoms with Gasteiger partial charge in [-0.1, -0.05) is 0 Å². The van der Waals surface area contributed by atoms with Gasteiger partial charge >= 0.3 is 121 Å². The van der Waals surface area contributed by atoms with Gasteiger partial charge in [0.15, 0.2) is 0 Å². The molecule has 0 aromatic heterocycles. The minimum absolute atomic E-state index is 0.729. The third kappa shape index (κ3) is 3.40. The molecule has 0 heterocycles. The second-order valence-corrected chi connectivity index (χ2v) is 9.08. The Balaban J connectivity index is 2.31. The number of methoxy groups -OCH3 is 1. The van der Waals surface area contributed by atoms with E-state index in [1.54, 1.807) is 10.4 Å². The Morgan fingerprint density at radius 2 is 1.78 bits per heavy atom. The van der Waals surface area contributed by atoms with Crippen LogP contribution in [0, 0.1) is 13.8 Å². The predicted molar refractivity (Wildman–Crippen MR) is 78.1 cm³/mol. The topological polar surface area (TPSA) is 9.23 Å². The van der Waals surface area contributed by atoms with Crippen molar-refractivity contribution in [1.82, 2.24) is 0 Å². The van der Waals surface area contributed by atoms with Crippen LogP contribution in [0.5, 0.6) is 0 Å². The quantitative estimate of drug-likeness (QED) is 0.669. The molecule has 93 valence electrons. The molecule has 0 amide bonds. The summed E-state index contributed by atoms with van der Waals surface area (Å²) in [6, 6.07) is 15.5. The van der Waals surface area contributed by atoms with Crippen molar-refractivity contribution >= 4 is 29.8 Å². The molecule has 1 radical (unpaired) electrons. The van der Waals surface area contributed by atoms with Crippen LogP contribution in [0.2, 0.25) is 0 Å². The molecule has 0 fully saturated rings. The van der Waals surface area contributed by atoms with Crippen LogP contribution in [0.1, 0.15) is 16.7 Å². The van der Waals surface area contributed by atoms with Crippen LogP contribution in [0.25, 0.3) is 0 Å². The molecule has 2 rings (SSSR count). The second-order valence-electron chi connectivity index (χ2n) is 4.46. The normalized spacial score (nSPS) is 10.6. The van der Waals surface area contributed by atoms with Crippen molar-refractivity contribution in [3.8, 4) is 0 Å². The molecular weight excluding hydrogens is 417 g/mol. The van der Waals surface area contributed by atoms with Gasteiger partial charge in [0, 0.05) is 0 Å². The van der Waals surface area contributed by atoms with Gasteiger partial charge in [-0.15, -0.1) is 0 Å². The summed E-state index contributed by atoms with van der Waals surface area (Å²) < 4.78 is 8.43. The molecule has 0 aliphatic rings. The Bertz CT molecular complexity index is 534. The Kier molecular flexibility index (Phi) is 4.91. The molecule has 0 spiro atoms. The first-order valence-corrected chi connectivity index (χ1v) is 9.54. The molecule has 0 atom stereocenters. The number of hydrogen-bond donors (Lipinski definition) is 0. The van der Waals surface area contributed by atoms with E-state index in [-0.39, 0.29) is 0 Å². The zero-order chi connectivity index (χ0) is 13.0. The summed E-state index contributed by atoms with van der Waals surface area (Å²) in [5, 5.41) is 0. The molecule has 0 aliphatic heterocycles. The standard InChI is InChI=1S/C9H11O.C7H7.Bi/c1-8-4-3-5-9(6-8)7-10-2;1-7-5-3-2-4-6-7;/h3-4,6H,7H2,1-2H3;2-5H,1H3;. The first-order valence-electron chi connectivity index (χ1n) is 6.06. The van der Waals surface area contributed by atoms with E-state index in [9.17, 15) is 0 Å². The van der Waals surface area contributed by atoms with Crippen molar-refractivity contribution in [1.29, 1.82) is 0 Å². The number of ether oxygens (including phenoxy) is 1. The van der Waals surface area contributed by atoms with Gasteiger partial charge in [-0.05, 0) is 0 Å². The molecular formula is C16H18BiO. The SMILES string of the molecule is COCc1cc(C)cc[c]1[Bi][c]1ccccc1C. The van der Waals surface area contributed by atoms with E-state index in [0.29, 0.717) is 0 Å². The maximum absolute atomic E-state index is 5.32. The van der Waals surface area contributed by atoms with Gasteiger partial charge in [0.1, 0.15) is 0 Å². The summed E-state index contributed by atoms with van der Waals surface area (Å²) in [4.78, 5) is 0. The molecule has 18 heavy (non-hydrogen) atoms. The van der Waals surface area contributed by atoms with Crippen LogP contribution in [0.3, 0.4) is 0 Å². The number of aryl methyl sites for hydroxylation is 2. The number of hydrogen-bond acceptors (Lipinski definition) is 1. The van der Waals surface area contributed by atoms with E-state index in [4.69, 9.17) is 4.74 Å². The van der Waals surface area contributed by atoms with Crippen LogP contribution in [0.15, 0.2) is 42.5 Å². The number of rotatable bonds is 4. The van der Waals surface area contributed by atoms with E-state index in [0.717, 1.165) is 6.61 Å². The van der Waals surface area contributed by atoms with Crippen molar-refractivity contribution in [3.63, 3.8) is 0 Å². The summed E-state index contributed by atoms with van der Waals surface area (Å²) in [6.07, 6.45) is 0. The average molecular weight is 435 g/mol. The molecule has 1 nitrogen and oxygen atoms in total. The third-order valence-electron chi connectivity index (χ3n) is 2.89. The maximum atomic E-state index is 5.32. The molecule has 2 aromatic rings. The predicted octanol–water partition coefficient (Wildman–Crippen LogP) is 2.10. The van der Waals surface area contributed by atoms with Gasteiger partial charge in [-0.3, -0.25) is 0 Å². The van der Waals surface area contributed by atoms with Gasteiger partial charge in [0.2, 0.25) is 0 Å². The van der Waals surface area contributed by atoms with E-state index in [2.05, 4.69) is 56.3 Å². The zero-order valence-corrected chi connectivity index (χ0v) is 14.6. The Morgan fingerprint density at radius 1 is 1.00 bits per heavy atom. The van der Waals surface area contributed by atoms with Crippen molar-refractivity contribution in [2.45, 2.75) is 20.5 Å². The summed E-state index contributed by atoms with van der Waals surface area (Å²) in [6.45, 7) is 5.08. The summed E-state index contributed by atoms with van der Waals surface area (Å²) in [7, 11) is 1.77. The fourth-order valence-corrected chi connectivity index (χ4v) is 6.16. The molecule has 0 bridgehead atoms. The van der Waals surface area contributed by atoms with E-state index >= 15 is 0 Å². The zero-order valence-electron chi connectivity index (χ0n) is 11.1. The Labute approximate surface area is 121 Å². The van der Waals surface area contributed by atoms with Crippen molar-refractivity contribution < 1.29 is 4.74 Å².